The first kappa shape index (κ1) is 14.3. The summed E-state index contributed by atoms with van der Waals surface area (Å²) in [6, 6.07) is 0.521. The van der Waals surface area contributed by atoms with E-state index in [0.717, 1.165) is 24.1 Å². The van der Waals surface area contributed by atoms with Crippen molar-refractivity contribution in [3.8, 4) is 0 Å². The third kappa shape index (κ3) is 2.75. The molecule has 0 saturated heterocycles. The Bertz CT molecular complexity index is 442. The van der Waals surface area contributed by atoms with Gasteiger partial charge in [0.25, 0.3) is 0 Å². The van der Waals surface area contributed by atoms with Crippen LogP contribution < -0.4 is 0 Å². The highest BCUT2D eigenvalue weighted by atomic mass is 16.1. The fraction of sp³-hybridized carbons (Fsp3) is 0.750. The highest BCUT2D eigenvalue weighted by Crippen LogP contribution is 2.31. The summed E-state index contributed by atoms with van der Waals surface area (Å²) < 4.78 is 2.20. The number of aromatic nitrogens is 2. The van der Waals surface area contributed by atoms with Crippen molar-refractivity contribution in [2.45, 2.75) is 78.2 Å². The highest BCUT2D eigenvalue weighted by Gasteiger charge is 2.25. The number of hydrogen-bond acceptors (Lipinski definition) is 2. The van der Waals surface area contributed by atoms with Crippen molar-refractivity contribution in [3.05, 3.63) is 17.0 Å². The third-order valence-electron chi connectivity index (χ3n) is 4.27. The zero-order chi connectivity index (χ0) is 13.8. The topological polar surface area (TPSA) is 34.9 Å². The molecule has 0 radical (unpaired) electrons. The zero-order valence-corrected chi connectivity index (χ0v) is 12.5. The van der Waals surface area contributed by atoms with E-state index in [2.05, 4.69) is 18.5 Å². The molecule has 0 spiro atoms. The van der Waals surface area contributed by atoms with Crippen molar-refractivity contribution >= 4 is 5.78 Å². The quantitative estimate of drug-likeness (QED) is 0.749. The molecular weight excluding hydrogens is 236 g/mol. The number of nitrogens with zero attached hydrogens (tertiary/aromatic N) is 2. The predicted octanol–water partition coefficient (Wildman–Crippen LogP) is 4.11. The van der Waals surface area contributed by atoms with Gasteiger partial charge in [0.15, 0.2) is 5.78 Å². The van der Waals surface area contributed by atoms with Crippen LogP contribution in [0.3, 0.4) is 0 Å². The van der Waals surface area contributed by atoms with Crippen LogP contribution in [0.15, 0.2) is 0 Å². The highest BCUT2D eigenvalue weighted by molar-refractivity contribution is 5.98. The standard InChI is InChI=1S/C16H26N2O/c1-4-13-16(15(19)6-3)14(5-2)18(17-13)12-10-8-7-9-11-12/h12H,4-11H2,1-3H3. The van der Waals surface area contributed by atoms with E-state index in [1.807, 2.05) is 6.92 Å². The number of carbonyl (C=O) groups is 1. The number of hydrogen-bond donors (Lipinski definition) is 0. The zero-order valence-electron chi connectivity index (χ0n) is 12.5. The molecule has 19 heavy (non-hydrogen) atoms. The van der Waals surface area contributed by atoms with E-state index in [9.17, 15) is 4.79 Å². The van der Waals surface area contributed by atoms with E-state index in [1.165, 1.54) is 37.8 Å². The summed E-state index contributed by atoms with van der Waals surface area (Å²) in [4.78, 5) is 12.2. The Hall–Kier alpha value is -1.12. The molecule has 0 amide bonds. The molecule has 1 fully saturated rings. The van der Waals surface area contributed by atoms with Gasteiger partial charge >= 0.3 is 0 Å². The minimum atomic E-state index is 0.260. The fourth-order valence-corrected chi connectivity index (χ4v) is 3.23. The van der Waals surface area contributed by atoms with Gasteiger partial charge in [0, 0.05) is 12.1 Å². The van der Waals surface area contributed by atoms with Gasteiger partial charge in [-0.15, -0.1) is 0 Å². The minimum absolute atomic E-state index is 0.260. The molecule has 3 nitrogen and oxygen atoms in total. The van der Waals surface area contributed by atoms with Crippen LogP contribution in [0.1, 0.15) is 87.1 Å². The summed E-state index contributed by atoms with van der Waals surface area (Å²) in [6.07, 6.45) is 8.73. The van der Waals surface area contributed by atoms with Crippen LogP contribution in [0.4, 0.5) is 0 Å². The summed E-state index contributed by atoms with van der Waals surface area (Å²) in [5.74, 6) is 0.260. The van der Waals surface area contributed by atoms with Crippen LogP contribution in [0.2, 0.25) is 0 Å². The van der Waals surface area contributed by atoms with Crippen molar-refractivity contribution in [2.75, 3.05) is 0 Å². The van der Waals surface area contributed by atoms with Gasteiger partial charge in [0.2, 0.25) is 0 Å². The molecule has 0 atom stereocenters. The average molecular weight is 262 g/mol. The first-order valence-electron chi connectivity index (χ1n) is 7.86. The lowest BCUT2D eigenvalue weighted by Gasteiger charge is -2.24. The summed E-state index contributed by atoms with van der Waals surface area (Å²) in [7, 11) is 0. The van der Waals surface area contributed by atoms with Gasteiger partial charge in [0.05, 0.1) is 17.3 Å². The Balaban J connectivity index is 2.42. The first-order chi connectivity index (χ1) is 9.22. The lowest BCUT2D eigenvalue weighted by Crippen LogP contribution is -2.17. The second-order valence-corrected chi connectivity index (χ2v) is 5.49. The molecule has 0 N–H and O–H groups in total. The molecule has 1 aromatic heterocycles. The van der Waals surface area contributed by atoms with Gasteiger partial charge in [-0.25, -0.2) is 0 Å². The lowest BCUT2D eigenvalue weighted by molar-refractivity contribution is 0.0986. The average Bonchev–Trinajstić information content (AvgIpc) is 2.85. The Morgan fingerprint density at radius 2 is 1.84 bits per heavy atom. The van der Waals surface area contributed by atoms with Gasteiger partial charge in [-0.2, -0.15) is 5.10 Å². The molecule has 0 bridgehead atoms. The number of carbonyl (C=O) groups excluding carboxylic acids is 1. The van der Waals surface area contributed by atoms with E-state index >= 15 is 0 Å². The van der Waals surface area contributed by atoms with Crippen LogP contribution in [0.5, 0.6) is 0 Å². The number of Topliss-reactive ketones (excluding diaryl/α,β-unsaturated/α-hetero) is 1. The molecule has 2 rings (SSSR count). The second kappa shape index (κ2) is 6.36. The van der Waals surface area contributed by atoms with Crippen LogP contribution in [0.25, 0.3) is 0 Å². The van der Waals surface area contributed by atoms with Gasteiger partial charge < -0.3 is 0 Å². The summed E-state index contributed by atoms with van der Waals surface area (Å²) in [5.41, 5.74) is 3.11. The maximum atomic E-state index is 12.2. The molecule has 0 unspecified atom stereocenters. The van der Waals surface area contributed by atoms with Crippen LogP contribution >= 0.6 is 0 Å². The molecular formula is C16H26N2O. The Morgan fingerprint density at radius 1 is 1.16 bits per heavy atom. The van der Waals surface area contributed by atoms with Crippen molar-refractivity contribution < 1.29 is 4.79 Å². The van der Waals surface area contributed by atoms with Crippen LogP contribution in [-0.2, 0) is 12.8 Å². The van der Waals surface area contributed by atoms with Gasteiger partial charge in [-0.1, -0.05) is 40.0 Å². The normalized spacial score (nSPS) is 16.8. The number of ketones is 1. The van der Waals surface area contributed by atoms with Crippen molar-refractivity contribution in [1.82, 2.24) is 9.78 Å². The smallest absolute Gasteiger partial charge is 0.166 e. The van der Waals surface area contributed by atoms with Gasteiger partial charge in [-0.05, 0) is 25.7 Å². The van der Waals surface area contributed by atoms with Gasteiger partial charge in [0.1, 0.15) is 0 Å². The predicted molar refractivity (Wildman–Crippen MR) is 77.7 cm³/mol. The second-order valence-electron chi connectivity index (χ2n) is 5.49. The van der Waals surface area contributed by atoms with E-state index < -0.39 is 0 Å². The van der Waals surface area contributed by atoms with E-state index in [4.69, 9.17) is 5.10 Å². The summed E-state index contributed by atoms with van der Waals surface area (Å²) >= 11 is 0. The fourth-order valence-electron chi connectivity index (χ4n) is 3.23. The largest absolute Gasteiger partial charge is 0.294 e. The van der Waals surface area contributed by atoms with Crippen molar-refractivity contribution in [1.29, 1.82) is 0 Å². The first-order valence-corrected chi connectivity index (χ1v) is 7.86. The van der Waals surface area contributed by atoms with Crippen molar-refractivity contribution in [3.63, 3.8) is 0 Å². The molecule has 1 saturated carbocycles. The lowest BCUT2D eigenvalue weighted by atomic mass is 9.95. The summed E-state index contributed by atoms with van der Waals surface area (Å²) in [5, 5.41) is 4.79. The number of aryl methyl sites for hydroxylation is 1. The Morgan fingerprint density at radius 3 is 2.37 bits per heavy atom. The van der Waals surface area contributed by atoms with Crippen LogP contribution in [0, 0.1) is 0 Å². The van der Waals surface area contributed by atoms with Crippen LogP contribution in [-0.4, -0.2) is 15.6 Å². The van der Waals surface area contributed by atoms with E-state index in [1.54, 1.807) is 0 Å². The molecule has 3 heteroatoms. The molecule has 106 valence electrons. The third-order valence-corrected chi connectivity index (χ3v) is 4.27. The van der Waals surface area contributed by atoms with E-state index in [0.29, 0.717) is 12.5 Å². The maximum absolute atomic E-state index is 12.2. The van der Waals surface area contributed by atoms with E-state index in [-0.39, 0.29) is 5.78 Å². The minimum Gasteiger partial charge on any atom is -0.294 e. The monoisotopic (exact) mass is 262 g/mol. The molecule has 0 aliphatic heterocycles. The van der Waals surface area contributed by atoms with Gasteiger partial charge in [-0.3, -0.25) is 9.48 Å². The number of rotatable bonds is 5. The molecule has 1 heterocycles. The maximum Gasteiger partial charge on any atom is 0.166 e. The van der Waals surface area contributed by atoms with Crippen molar-refractivity contribution in [2.24, 2.45) is 0 Å². The molecule has 1 aromatic rings. The molecule has 1 aliphatic rings. The molecule has 0 aromatic carbocycles. The summed E-state index contributed by atoms with van der Waals surface area (Å²) in [6.45, 7) is 6.18. The SMILES string of the molecule is CCC(=O)c1c(CC)nn(C2CCCCC2)c1CC. The Kier molecular flexibility index (Phi) is 4.78. The Labute approximate surface area is 116 Å². The molecule has 1 aliphatic carbocycles.